The number of nitrogens with zero attached hydrogens (tertiary/aromatic N) is 4. The molecule has 4 aromatic rings. The Balaban J connectivity index is 0.00000280. The normalized spacial score (nSPS) is 19.1. The Morgan fingerprint density at radius 3 is 2.89 bits per heavy atom. The first-order valence-electron chi connectivity index (χ1n) is 11.7. The summed E-state index contributed by atoms with van der Waals surface area (Å²) in [6.07, 6.45) is 0.641. The third kappa shape index (κ3) is 4.43. The Bertz CT molecular complexity index is 1420. The zero-order valence-corrected chi connectivity index (χ0v) is 20.0. The molecular formula is C25H25F3N6OS. The first kappa shape index (κ1) is 23.0. The van der Waals surface area contributed by atoms with Gasteiger partial charge in [-0.15, -0.1) is 11.3 Å². The molecule has 11 heteroatoms. The molecule has 4 heterocycles. The maximum Gasteiger partial charge on any atom is 0.393 e. The Labute approximate surface area is 210 Å². The lowest BCUT2D eigenvalue weighted by Crippen LogP contribution is -2.56. The molecule has 2 fully saturated rings. The van der Waals surface area contributed by atoms with E-state index < -0.39 is 12.6 Å². The Hall–Kier alpha value is -3.47. The SMILES string of the molecule is O=C(NC1CCC2(C1)CN(c1ncnc3sc(CC(F)(F)F)cc13)C2)c1cccc(-c2ccn[nH]2)c1.[HH]. The topological polar surface area (TPSA) is 86.8 Å². The molecule has 0 bridgehead atoms. The summed E-state index contributed by atoms with van der Waals surface area (Å²) in [6, 6.07) is 11.0. The second-order valence-electron chi connectivity index (χ2n) is 9.74. The van der Waals surface area contributed by atoms with Gasteiger partial charge in [-0.2, -0.15) is 18.3 Å². The van der Waals surface area contributed by atoms with Gasteiger partial charge in [-0.1, -0.05) is 12.1 Å². The number of aromatic nitrogens is 4. The molecule has 1 amide bonds. The summed E-state index contributed by atoms with van der Waals surface area (Å²) >= 11 is 1.07. The van der Waals surface area contributed by atoms with E-state index >= 15 is 0 Å². The number of aromatic amines is 1. The lowest BCUT2D eigenvalue weighted by molar-refractivity contribution is -0.126. The highest BCUT2D eigenvalue weighted by molar-refractivity contribution is 7.18. The molecule has 1 saturated carbocycles. The van der Waals surface area contributed by atoms with Crippen LogP contribution in [0.5, 0.6) is 0 Å². The van der Waals surface area contributed by atoms with Crippen molar-refractivity contribution < 1.29 is 19.4 Å². The van der Waals surface area contributed by atoms with Crippen LogP contribution in [0.25, 0.3) is 21.5 Å². The molecule has 1 aliphatic heterocycles. The molecule has 1 aromatic carbocycles. The molecule has 1 atom stereocenters. The minimum Gasteiger partial charge on any atom is -0.355 e. The molecule has 6 rings (SSSR count). The summed E-state index contributed by atoms with van der Waals surface area (Å²) in [7, 11) is 0. The van der Waals surface area contributed by atoms with E-state index in [4.69, 9.17) is 0 Å². The van der Waals surface area contributed by atoms with Crippen molar-refractivity contribution in [1.82, 2.24) is 25.5 Å². The average Bonchev–Trinajstić information content (AvgIpc) is 3.56. The molecular weight excluding hydrogens is 489 g/mol. The van der Waals surface area contributed by atoms with Gasteiger partial charge in [0.2, 0.25) is 0 Å². The molecule has 1 saturated heterocycles. The van der Waals surface area contributed by atoms with Crippen molar-refractivity contribution in [2.45, 2.75) is 37.9 Å². The number of rotatable bonds is 5. The van der Waals surface area contributed by atoms with E-state index in [1.165, 1.54) is 6.33 Å². The summed E-state index contributed by atoms with van der Waals surface area (Å²) in [5.41, 5.74) is 2.45. The fraction of sp³-hybridized carbons (Fsp3) is 0.360. The predicted octanol–water partition coefficient (Wildman–Crippen LogP) is 5.22. The first-order valence-corrected chi connectivity index (χ1v) is 12.5. The quantitative estimate of drug-likeness (QED) is 0.381. The van der Waals surface area contributed by atoms with Gasteiger partial charge in [-0.05, 0) is 43.5 Å². The average molecular weight is 515 g/mol. The first-order chi connectivity index (χ1) is 17.3. The van der Waals surface area contributed by atoms with E-state index in [9.17, 15) is 18.0 Å². The van der Waals surface area contributed by atoms with E-state index in [1.54, 1.807) is 18.3 Å². The second kappa shape index (κ2) is 8.58. The van der Waals surface area contributed by atoms with Crippen molar-refractivity contribution in [1.29, 1.82) is 0 Å². The number of benzene rings is 1. The van der Waals surface area contributed by atoms with Crippen LogP contribution in [0, 0.1) is 5.41 Å². The van der Waals surface area contributed by atoms with Gasteiger partial charge in [0, 0.05) is 48.2 Å². The molecule has 36 heavy (non-hydrogen) atoms. The number of carbonyl (C=O) groups is 1. The molecule has 1 spiro atoms. The number of H-pyrrole nitrogens is 1. The standard InChI is InChI=1S/C25H23F3N6OS.H2/c26-25(27,28)11-18-9-19-21(29-14-30-23(19)36-18)34-12-24(13-34)6-4-17(10-24)32-22(35)16-3-1-2-15(8-16)20-5-7-31-33-20;/h1-3,5,7-9,14,17H,4,6,10-13H2,(H,31,33)(H,32,35);1H. The van der Waals surface area contributed by atoms with Crippen molar-refractivity contribution in [2.75, 3.05) is 18.0 Å². The van der Waals surface area contributed by atoms with Crippen molar-refractivity contribution in [2.24, 2.45) is 5.41 Å². The Kier molecular flexibility index (Phi) is 5.47. The molecule has 1 aliphatic carbocycles. The van der Waals surface area contributed by atoms with E-state index in [1.807, 2.05) is 24.3 Å². The van der Waals surface area contributed by atoms with E-state index in [-0.39, 0.29) is 23.7 Å². The Morgan fingerprint density at radius 2 is 2.11 bits per heavy atom. The molecule has 7 nitrogen and oxygen atoms in total. The zero-order valence-electron chi connectivity index (χ0n) is 19.2. The van der Waals surface area contributed by atoms with Gasteiger partial charge in [0.1, 0.15) is 17.0 Å². The van der Waals surface area contributed by atoms with Gasteiger partial charge in [0.15, 0.2) is 0 Å². The molecule has 188 valence electrons. The van der Waals surface area contributed by atoms with Crippen molar-refractivity contribution >= 4 is 33.3 Å². The van der Waals surface area contributed by atoms with Crippen LogP contribution in [0.1, 0.15) is 35.9 Å². The van der Waals surface area contributed by atoms with Crippen LogP contribution in [0.4, 0.5) is 19.0 Å². The number of amides is 1. The van der Waals surface area contributed by atoms with Gasteiger partial charge in [0.05, 0.1) is 17.5 Å². The van der Waals surface area contributed by atoms with Crippen LogP contribution < -0.4 is 10.2 Å². The Morgan fingerprint density at radius 1 is 1.25 bits per heavy atom. The number of fused-ring (bicyclic) bond motifs is 1. The van der Waals surface area contributed by atoms with Crippen molar-refractivity contribution in [3.63, 3.8) is 0 Å². The lowest BCUT2D eigenvalue weighted by Gasteiger charge is -2.49. The lowest BCUT2D eigenvalue weighted by atomic mass is 9.78. The van der Waals surface area contributed by atoms with Gasteiger partial charge < -0.3 is 10.2 Å². The highest BCUT2D eigenvalue weighted by atomic mass is 32.1. The summed E-state index contributed by atoms with van der Waals surface area (Å²) in [4.78, 5) is 24.4. The van der Waals surface area contributed by atoms with E-state index in [0.717, 1.165) is 54.9 Å². The maximum absolute atomic E-state index is 12.9. The third-order valence-corrected chi connectivity index (χ3v) is 8.10. The van der Waals surface area contributed by atoms with Crippen LogP contribution in [0.15, 0.2) is 48.9 Å². The number of anilines is 1. The zero-order chi connectivity index (χ0) is 24.9. The fourth-order valence-electron chi connectivity index (χ4n) is 5.47. The van der Waals surface area contributed by atoms with E-state index in [2.05, 4.69) is 30.4 Å². The largest absolute Gasteiger partial charge is 0.393 e. The minimum atomic E-state index is -4.25. The van der Waals surface area contributed by atoms with Crippen LogP contribution in [0.2, 0.25) is 0 Å². The maximum atomic E-state index is 12.9. The van der Waals surface area contributed by atoms with Crippen LogP contribution in [0.3, 0.4) is 0 Å². The minimum absolute atomic E-state index is 0. The number of carbonyl (C=O) groups excluding carboxylic acids is 1. The number of alkyl halides is 3. The van der Waals surface area contributed by atoms with Gasteiger partial charge in [-0.25, -0.2) is 9.97 Å². The second-order valence-corrected chi connectivity index (χ2v) is 10.9. The number of thiophene rings is 1. The summed E-state index contributed by atoms with van der Waals surface area (Å²) in [5, 5.41) is 10.7. The predicted molar refractivity (Wildman–Crippen MR) is 133 cm³/mol. The number of nitrogens with one attached hydrogen (secondary N) is 2. The number of hydrogen-bond donors (Lipinski definition) is 2. The van der Waals surface area contributed by atoms with Gasteiger partial charge >= 0.3 is 6.18 Å². The van der Waals surface area contributed by atoms with E-state index in [0.29, 0.717) is 21.6 Å². The molecule has 2 N–H and O–H groups in total. The fourth-order valence-corrected chi connectivity index (χ4v) is 6.49. The number of halogens is 3. The summed E-state index contributed by atoms with van der Waals surface area (Å²) < 4.78 is 38.6. The van der Waals surface area contributed by atoms with Crippen molar-refractivity contribution in [3.8, 4) is 11.3 Å². The highest BCUT2D eigenvalue weighted by Crippen LogP contribution is 2.48. The van der Waals surface area contributed by atoms with Gasteiger partial charge in [0.25, 0.3) is 5.91 Å². The summed E-state index contributed by atoms with van der Waals surface area (Å²) in [5.74, 6) is 0.598. The van der Waals surface area contributed by atoms with Crippen LogP contribution in [-0.2, 0) is 6.42 Å². The highest BCUT2D eigenvalue weighted by Gasteiger charge is 2.49. The third-order valence-electron chi connectivity index (χ3n) is 7.06. The molecule has 0 radical (unpaired) electrons. The van der Waals surface area contributed by atoms with Gasteiger partial charge in [-0.3, -0.25) is 9.89 Å². The smallest absolute Gasteiger partial charge is 0.355 e. The van der Waals surface area contributed by atoms with Crippen LogP contribution >= 0.6 is 11.3 Å². The van der Waals surface area contributed by atoms with Crippen molar-refractivity contribution in [3.05, 3.63) is 59.4 Å². The molecule has 2 aliphatic rings. The number of hydrogen-bond acceptors (Lipinski definition) is 6. The van der Waals surface area contributed by atoms with Crippen LogP contribution in [-0.4, -0.2) is 51.4 Å². The molecule has 1 unspecified atom stereocenters. The summed E-state index contributed by atoms with van der Waals surface area (Å²) in [6.45, 7) is 1.54. The molecule has 3 aromatic heterocycles. The monoisotopic (exact) mass is 514 g/mol.